The van der Waals surface area contributed by atoms with Crippen molar-refractivity contribution in [3.05, 3.63) is 26.6 Å². The zero-order valence-electron chi connectivity index (χ0n) is 14.2. The van der Waals surface area contributed by atoms with Crippen LogP contribution >= 0.6 is 11.3 Å². The maximum absolute atomic E-state index is 12.4. The third-order valence-electron chi connectivity index (χ3n) is 4.09. The second-order valence-corrected chi connectivity index (χ2v) is 7.19. The minimum absolute atomic E-state index is 0.152. The summed E-state index contributed by atoms with van der Waals surface area (Å²) >= 11 is 1.20. The Bertz CT molecular complexity index is 819. The highest BCUT2D eigenvalue weighted by atomic mass is 32.1. The van der Waals surface area contributed by atoms with Crippen LogP contribution < -0.4 is 5.56 Å². The molecule has 7 nitrogen and oxygen atoms in total. The van der Waals surface area contributed by atoms with Crippen LogP contribution in [0, 0.1) is 6.92 Å². The van der Waals surface area contributed by atoms with Crippen LogP contribution in [0.4, 0.5) is 0 Å². The molecule has 0 aliphatic carbocycles. The number of methoxy groups -OCH3 is 1. The molecule has 130 valence electrons. The van der Waals surface area contributed by atoms with E-state index in [1.54, 1.807) is 6.92 Å². The molecule has 3 rings (SSSR count). The van der Waals surface area contributed by atoms with Gasteiger partial charge in [-0.2, -0.15) is 0 Å². The molecule has 1 fully saturated rings. The number of hydrogen-bond donors (Lipinski definition) is 1. The first-order valence-electron chi connectivity index (χ1n) is 7.87. The van der Waals surface area contributed by atoms with Crippen LogP contribution in [0.2, 0.25) is 0 Å². The van der Waals surface area contributed by atoms with Crippen molar-refractivity contribution in [2.75, 3.05) is 20.2 Å². The van der Waals surface area contributed by atoms with Crippen LogP contribution in [0.25, 0.3) is 10.2 Å². The summed E-state index contributed by atoms with van der Waals surface area (Å²) in [7, 11) is 1.33. The van der Waals surface area contributed by atoms with Gasteiger partial charge in [0.15, 0.2) is 0 Å². The maximum Gasteiger partial charge on any atom is 0.348 e. The quantitative estimate of drug-likeness (QED) is 0.847. The number of esters is 1. The number of morpholine rings is 1. The third-order valence-corrected chi connectivity index (χ3v) is 5.25. The predicted octanol–water partition coefficient (Wildman–Crippen LogP) is 1.69. The van der Waals surface area contributed by atoms with E-state index in [9.17, 15) is 9.59 Å². The normalized spacial score (nSPS) is 22.0. The molecule has 2 aromatic rings. The highest BCUT2D eigenvalue weighted by molar-refractivity contribution is 7.20. The summed E-state index contributed by atoms with van der Waals surface area (Å²) in [5.41, 5.74) is 0.407. The highest BCUT2D eigenvalue weighted by Crippen LogP contribution is 2.27. The Morgan fingerprint density at radius 2 is 2.08 bits per heavy atom. The average molecular weight is 351 g/mol. The molecule has 2 aromatic heterocycles. The summed E-state index contributed by atoms with van der Waals surface area (Å²) < 4.78 is 10.5. The largest absolute Gasteiger partial charge is 0.465 e. The number of fused-ring (bicyclic) bond motifs is 1. The Labute approximate surface area is 143 Å². The maximum atomic E-state index is 12.4. The highest BCUT2D eigenvalue weighted by Gasteiger charge is 2.24. The fourth-order valence-electron chi connectivity index (χ4n) is 3.18. The first kappa shape index (κ1) is 17.1. The lowest BCUT2D eigenvalue weighted by Gasteiger charge is -2.34. The number of hydrogen-bond acceptors (Lipinski definition) is 7. The molecule has 0 amide bonds. The Morgan fingerprint density at radius 1 is 1.42 bits per heavy atom. The standard InChI is InChI=1S/C16H21N3O4S/c1-8-5-19(6-9(2)23-8)7-11-17-14(20)12-10(3)13(16(21)22-4)24-15(12)18-11/h8-9H,5-7H2,1-4H3,(H,17,18,20)/t8-,9-/m1/s1. The topological polar surface area (TPSA) is 84.5 Å². The van der Waals surface area contributed by atoms with Crippen molar-refractivity contribution in [2.24, 2.45) is 0 Å². The van der Waals surface area contributed by atoms with Crippen molar-refractivity contribution in [3.8, 4) is 0 Å². The van der Waals surface area contributed by atoms with Crippen molar-refractivity contribution >= 4 is 27.5 Å². The molecular weight excluding hydrogens is 330 g/mol. The van der Waals surface area contributed by atoms with Gasteiger partial charge >= 0.3 is 5.97 Å². The van der Waals surface area contributed by atoms with Gasteiger partial charge in [0.2, 0.25) is 0 Å². The Balaban J connectivity index is 1.93. The smallest absolute Gasteiger partial charge is 0.348 e. The molecule has 24 heavy (non-hydrogen) atoms. The number of carbonyl (C=O) groups excluding carboxylic acids is 1. The fourth-order valence-corrected chi connectivity index (χ4v) is 4.29. The van der Waals surface area contributed by atoms with E-state index < -0.39 is 5.97 Å². The van der Waals surface area contributed by atoms with Crippen molar-refractivity contribution in [1.29, 1.82) is 0 Å². The van der Waals surface area contributed by atoms with Crippen molar-refractivity contribution < 1.29 is 14.3 Å². The van der Waals surface area contributed by atoms with Gasteiger partial charge in [-0.25, -0.2) is 9.78 Å². The molecule has 2 atom stereocenters. The molecule has 0 radical (unpaired) electrons. The summed E-state index contributed by atoms with van der Waals surface area (Å²) in [6.07, 6.45) is 0.304. The first-order valence-corrected chi connectivity index (χ1v) is 8.69. The van der Waals surface area contributed by atoms with Gasteiger partial charge in [0.1, 0.15) is 15.5 Å². The van der Waals surface area contributed by atoms with E-state index in [4.69, 9.17) is 9.47 Å². The van der Waals surface area contributed by atoms with Crippen LogP contribution in [-0.2, 0) is 16.0 Å². The lowest BCUT2D eigenvalue weighted by Crippen LogP contribution is -2.45. The van der Waals surface area contributed by atoms with Crippen molar-refractivity contribution in [1.82, 2.24) is 14.9 Å². The van der Waals surface area contributed by atoms with Gasteiger partial charge < -0.3 is 14.5 Å². The zero-order valence-corrected chi connectivity index (χ0v) is 15.0. The number of nitrogens with zero attached hydrogens (tertiary/aromatic N) is 2. The molecule has 8 heteroatoms. The lowest BCUT2D eigenvalue weighted by molar-refractivity contribution is -0.0710. The van der Waals surface area contributed by atoms with Crippen LogP contribution in [0.1, 0.15) is 34.9 Å². The molecule has 0 spiro atoms. The molecule has 0 aromatic carbocycles. The fraction of sp³-hybridized carbons (Fsp3) is 0.562. The van der Waals surface area contributed by atoms with Gasteiger partial charge in [0, 0.05) is 13.1 Å². The lowest BCUT2D eigenvalue weighted by atomic mass is 10.2. The van der Waals surface area contributed by atoms with Crippen LogP contribution in [0.3, 0.4) is 0 Å². The number of carbonyl (C=O) groups is 1. The minimum Gasteiger partial charge on any atom is -0.465 e. The first-order chi connectivity index (χ1) is 11.4. The summed E-state index contributed by atoms with van der Waals surface area (Å²) in [4.78, 5) is 34.9. The molecular formula is C16H21N3O4S. The molecule has 1 saturated heterocycles. The number of aryl methyl sites for hydroxylation is 1. The van der Waals surface area contributed by atoms with E-state index >= 15 is 0 Å². The van der Waals surface area contributed by atoms with Crippen molar-refractivity contribution in [2.45, 2.75) is 39.5 Å². The van der Waals surface area contributed by atoms with Crippen LogP contribution in [0.5, 0.6) is 0 Å². The minimum atomic E-state index is -0.438. The van der Waals surface area contributed by atoms with Gasteiger partial charge in [0.25, 0.3) is 5.56 Å². The Kier molecular flexibility index (Phi) is 4.71. The van der Waals surface area contributed by atoms with E-state index in [1.807, 2.05) is 13.8 Å². The molecule has 1 aliphatic heterocycles. The number of aromatic nitrogens is 2. The number of ether oxygens (including phenoxy) is 2. The molecule has 0 saturated carbocycles. The van der Waals surface area contributed by atoms with E-state index in [0.717, 1.165) is 13.1 Å². The van der Waals surface area contributed by atoms with Crippen LogP contribution in [0.15, 0.2) is 4.79 Å². The number of nitrogens with one attached hydrogen (secondary N) is 1. The van der Waals surface area contributed by atoms with E-state index in [1.165, 1.54) is 18.4 Å². The summed E-state index contributed by atoms with van der Waals surface area (Å²) in [5, 5.41) is 0.466. The molecule has 1 N–H and O–H groups in total. The number of aromatic amines is 1. The van der Waals surface area contributed by atoms with E-state index in [2.05, 4.69) is 14.9 Å². The predicted molar refractivity (Wildman–Crippen MR) is 91.6 cm³/mol. The number of H-pyrrole nitrogens is 1. The molecule has 0 bridgehead atoms. The second kappa shape index (κ2) is 6.62. The van der Waals surface area contributed by atoms with Gasteiger partial charge in [-0.1, -0.05) is 0 Å². The summed E-state index contributed by atoms with van der Waals surface area (Å²) in [6, 6.07) is 0. The van der Waals surface area contributed by atoms with Crippen molar-refractivity contribution in [3.63, 3.8) is 0 Å². The molecule has 0 unspecified atom stereocenters. The monoisotopic (exact) mass is 351 g/mol. The third kappa shape index (κ3) is 3.22. The van der Waals surface area contributed by atoms with Gasteiger partial charge in [0.05, 0.1) is 31.2 Å². The van der Waals surface area contributed by atoms with E-state index in [-0.39, 0.29) is 17.8 Å². The Hall–Kier alpha value is -1.77. The summed E-state index contributed by atoms with van der Waals surface area (Å²) in [6.45, 7) is 7.95. The molecule has 3 heterocycles. The van der Waals surface area contributed by atoms with Gasteiger partial charge in [-0.05, 0) is 26.3 Å². The second-order valence-electron chi connectivity index (χ2n) is 6.19. The zero-order chi connectivity index (χ0) is 17.4. The Morgan fingerprint density at radius 3 is 2.71 bits per heavy atom. The summed E-state index contributed by atoms with van der Waals surface area (Å²) in [5.74, 6) is 0.166. The van der Waals surface area contributed by atoms with E-state index in [0.29, 0.717) is 33.0 Å². The van der Waals surface area contributed by atoms with Gasteiger partial charge in [-0.15, -0.1) is 11.3 Å². The number of rotatable bonds is 3. The number of thiophene rings is 1. The van der Waals surface area contributed by atoms with Crippen LogP contribution in [-0.4, -0.2) is 53.2 Å². The SMILES string of the molecule is COC(=O)c1sc2nc(CN3C[C@@H](C)O[C@H](C)C3)[nH]c(=O)c2c1C. The average Bonchev–Trinajstić information content (AvgIpc) is 2.82. The molecule has 1 aliphatic rings. The van der Waals surface area contributed by atoms with Gasteiger partial charge in [-0.3, -0.25) is 9.69 Å².